The second kappa shape index (κ2) is 6.83. The maximum Gasteiger partial charge on any atom is 0.350 e. The normalized spacial score (nSPS) is 15.6. The maximum absolute atomic E-state index is 11.9. The SMILES string of the molecule is CCOC(=O)c1sc(N2CCNCC2)nc1COC. The fourth-order valence-electron chi connectivity index (χ4n) is 1.92. The number of carbonyl (C=O) groups is 1. The van der Waals surface area contributed by atoms with Gasteiger partial charge in [-0.3, -0.25) is 0 Å². The molecule has 7 heteroatoms. The van der Waals surface area contributed by atoms with Crippen LogP contribution in [0.4, 0.5) is 5.13 Å². The lowest BCUT2D eigenvalue weighted by molar-refractivity contribution is 0.0527. The van der Waals surface area contributed by atoms with Crippen molar-refractivity contribution < 1.29 is 14.3 Å². The van der Waals surface area contributed by atoms with Gasteiger partial charge >= 0.3 is 5.97 Å². The number of anilines is 1. The Hall–Kier alpha value is -1.18. The van der Waals surface area contributed by atoms with Crippen LogP contribution in [-0.2, 0) is 16.1 Å². The molecule has 0 aliphatic carbocycles. The van der Waals surface area contributed by atoms with Crippen molar-refractivity contribution in [1.82, 2.24) is 10.3 Å². The van der Waals surface area contributed by atoms with Crippen molar-refractivity contribution in [3.8, 4) is 0 Å². The molecular formula is C12H19N3O3S. The van der Waals surface area contributed by atoms with Gasteiger partial charge in [-0.2, -0.15) is 0 Å². The Morgan fingerprint density at radius 2 is 2.21 bits per heavy atom. The Kier molecular flexibility index (Phi) is 5.12. The second-order valence-corrected chi connectivity index (χ2v) is 5.14. The number of methoxy groups -OCH3 is 1. The van der Waals surface area contributed by atoms with Crippen LogP contribution in [0, 0.1) is 0 Å². The molecule has 2 rings (SSSR count). The zero-order valence-corrected chi connectivity index (χ0v) is 12.1. The summed E-state index contributed by atoms with van der Waals surface area (Å²) >= 11 is 1.39. The molecule has 0 saturated carbocycles. The van der Waals surface area contributed by atoms with E-state index in [1.54, 1.807) is 14.0 Å². The van der Waals surface area contributed by atoms with Crippen LogP contribution >= 0.6 is 11.3 Å². The van der Waals surface area contributed by atoms with E-state index in [9.17, 15) is 4.79 Å². The number of nitrogens with one attached hydrogen (secondary N) is 1. The number of rotatable bonds is 5. The summed E-state index contributed by atoms with van der Waals surface area (Å²) in [4.78, 5) is 19.2. The van der Waals surface area contributed by atoms with Gasteiger partial charge in [-0.05, 0) is 6.92 Å². The molecule has 0 amide bonds. The summed E-state index contributed by atoms with van der Waals surface area (Å²) in [7, 11) is 1.60. The molecule has 2 heterocycles. The number of hydrogen-bond acceptors (Lipinski definition) is 7. The van der Waals surface area contributed by atoms with Crippen LogP contribution in [0.2, 0.25) is 0 Å². The van der Waals surface area contributed by atoms with E-state index in [4.69, 9.17) is 9.47 Å². The predicted octanol–water partition coefficient (Wildman–Crippen LogP) is 0.876. The highest BCUT2D eigenvalue weighted by Gasteiger charge is 2.22. The quantitative estimate of drug-likeness (QED) is 0.810. The summed E-state index contributed by atoms with van der Waals surface area (Å²) in [6.45, 7) is 6.18. The van der Waals surface area contributed by atoms with Crippen LogP contribution in [0.5, 0.6) is 0 Å². The molecule has 19 heavy (non-hydrogen) atoms. The fourth-order valence-corrected chi connectivity index (χ4v) is 2.94. The van der Waals surface area contributed by atoms with Gasteiger partial charge in [0.1, 0.15) is 4.88 Å². The predicted molar refractivity (Wildman–Crippen MR) is 73.9 cm³/mol. The molecule has 0 bridgehead atoms. The van der Waals surface area contributed by atoms with E-state index < -0.39 is 0 Å². The van der Waals surface area contributed by atoms with Crippen LogP contribution in [0.1, 0.15) is 22.3 Å². The Balaban J connectivity index is 2.20. The highest BCUT2D eigenvalue weighted by Crippen LogP contribution is 2.28. The Bertz CT molecular complexity index is 430. The maximum atomic E-state index is 11.9. The van der Waals surface area contributed by atoms with Gasteiger partial charge < -0.3 is 19.7 Å². The molecule has 0 radical (unpaired) electrons. The van der Waals surface area contributed by atoms with Crippen LogP contribution in [0.3, 0.4) is 0 Å². The van der Waals surface area contributed by atoms with Crippen LogP contribution < -0.4 is 10.2 Å². The minimum Gasteiger partial charge on any atom is -0.462 e. The van der Waals surface area contributed by atoms with E-state index in [0.717, 1.165) is 31.3 Å². The molecule has 1 aromatic heterocycles. The van der Waals surface area contributed by atoms with Crippen LogP contribution in [0.25, 0.3) is 0 Å². The van der Waals surface area contributed by atoms with Gasteiger partial charge in [-0.15, -0.1) is 0 Å². The molecule has 0 unspecified atom stereocenters. The molecule has 1 N–H and O–H groups in total. The van der Waals surface area contributed by atoms with Gasteiger partial charge in [-0.25, -0.2) is 9.78 Å². The minimum absolute atomic E-state index is 0.312. The first-order valence-electron chi connectivity index (χ1n) is 6.37. The molecule has 0 atom stereocenters. The first-order valence-corrected chi connectivity index (χ1v) is 7.19. The van der Waals surface area contributed by atoms with Crippen molar-refractivity contribution in [2.45, 2.75) is 13.5 Å². The lowest BCUT2D eigenvalue weighted by Gasteiger charge is -2.26. The third kappa shape index (κ3) is 3.43. The number of aromatic nitrogens is 1. The number of hydrogen-bond donors (Lipinski definition) is 1. The fraction of sp³-hybridized carbons (Fsp3) is 0.667. The van der Waals surface area contributed by atoms with Crippen LogP contribution in [-0.4, -0.2) is 50.8 Å². The molecule has 0 spiro atoms. The standard InChI is InChI=1S/C12H19N3O3S/c1-3-18-11(16)10-9(8-17-2)14-12(19-10)15-6-4-13-5-7-15/h13H,3-8H2,1-2H3. The first kappa shape index (κ1) is 14.2. The summed E-state index contributed by atoms with van der Waals surface area (Å²) in [5.74, 6) is -0.312. The number of thiazole rings is 1. The van der Waals surface area contributed by atoms with Crippen LogP contribution in [0.15, 0.2) is 0 Å². The molecule has 1 fully saturated rings. The van der Waals surface area contributed by atoms with E-state index in [1.807, 2.05) is 0 Å². The van der Waals surface area contributed by atoms with Crippen molar-refractivity contribution in [3.63, 3.8) is 0 Å². The second-order valence-electron chi connectivity index (χ2n) is 4.16. The lowest BCUT2D eigenvalue weighted by atomic mass is 10.4. The number of piperazine rings is 1. The van der Waals surface area contributed by atoms with Crippen molar-refractivity contribution in [1.29, 1.82) is 0 Å². The third-order valence-electron chi connectivity index (χ3n) is 2.82. The number of nitrogens with zero attached hydrogens (tertiary/aromatic N) is 2. The first-order chi connectivity index (χ1) is 9.26. The van der Waals surface area contributed by atoms with Gasteiger partial charge in [0.05, 0.1) is 18.9 Å². The molecular weight excluding hydrogens is 266 g/mol. The van der Waals surface area contributed by atoms with Crippen molar-refractivity contribution in [2.24, 2.45) is 0 Å². The average Bonchev–Trinajstić information content (AvgIpc) is 2.85. The van der Waals surface area contributed by atoms with E-state index >= 15 is 0 Å². The molecule has 106 valence electrons. The Morgan fingerprint density at radius 1 is 1.47 bits per heavy atom. The zero-order valence-electron chi connectivity index (χ0n) is 11.3. The Labute approximate surface area is 116 Å². The smallest absolute Gasteiger partial charge is 0.350 e. The number of ether oxygens (including phenoxy) is 2. The van der Waals surface area contributed by atoms with Crippen molar-refractivity contribution in [2.75, 3.05) is 44.8 Å². The summed E-state index contributed by atoms with van der Waals surface area (Å²) in [6, 6.07) is 0. The Morgan fingerprint density at radius 3 is 2.84 bits per heavy atom. The monoisotopic (exact) mass is 285 g/mol. The zero-order chi connectivity index (χ0) is 13.7. The molecule has 6 nitrogen and oxygen atoms in total. The van der Waals surface area contributed by atoms with Crippen molar-refractivity contribution >= 4 is 22.4 Å². The van der Waals surface area contributed by atoms with E-state index in [0.29, 0.717) is 23.8 Å². The topological polar surface area (TPSA) is 63.7 Å². The van der Waals surface area contributed by atoms with Gasteiger partial charge in [0, 0.05) is 33.3 Å². The molecule has 1 aliphatic rings. The summed E-state index contributed by atoms with van der Waals surface area (Å²) in [5, 5.41) is 4.16. The number of carbonyl (C=O) groups excluding carboxylic acids is 1. The largest absolute Gasteiger partial charge is 0.462 e. The minimum atomic E-state index is -0.312. The summed E-state index contributed by atoms with van der Waals surface area (Å²) < 4.78 is 10.2. The van der Waals surface area contributed by atoms with Gasteiger partial charge in [0.2, 0.25) is 0 Å². The van der Waals surface area contributed by atoms with Gasteiger partial charge in [0.15, 0.2) is 5.13 Å². The van der Waals surface area contributed by atoms with Crippen molar-refractivity contribution in [3.05, 3.63) is 10.6 Å². The van der Waals surface area contributed by atoms with E-state index in [2.05, 4.69) is 15.2 Å². The van der Waals surface area contributed by atoms with E-state index in [1.165, 1.54) is 11.3 Å². The molecule has 0 aromatic carbocycles. The van der Waals surface area contributed by atoms with Gasteiger partial charge in [0.25, 0.3) is 0 Å². The molecule has 1 aliphatic heterocycles. The summed E-state index contributed by atoms with van der Waals surface area (Å²) in [6.07, 6.45) is 0. The lowest BCUT2D eigenvalue weighted by Crippen LogP contribution is -2.43. The molecule has 1 saturated heterocycles. The third-order valence-corrected chi connectivity index (χ3v) is 3.95. The average molecular weight is 285 g/mol. The molecule has 1 aromatic rings. The van der Waals surface area contributed by atoms with Gasteiger partial charge in [-0.1, -0.05) is 11.3 Å². The summed E-state index contributed by atoms with van der Waals surface area (Å²) in [5.41, 5.74) is 0.666. The highest BCUT2D eigenvalue weighted by atomic mass is 32.1. The van der Waals surface area contributed by atoms with E-state index in [-0.39, 0.29) is 5.97 Å². The highest BCUT2D eigenvalue weighted by molar-refractivity contribution is 7.17. The number of esters is 1.